The largest absolute Gasteiger partial charge is 0.484 e. The van der Waals surface area contributed by atoms with Gasteiger partial charge in [0, 0.05) is 24.8 Å². The molecule has 146 valence electrons. The number of ether oxygens (including phenoxy) is 1. The van der Waals surface area contributed by atoms with Crippen molar-refractivity contribution in [1.82, 2.24) is 4.31 Å². The van der Waals surface area contributed by atoms with Crippen molar-refractivity contribution in [3.63, 3.8) is 0 Å². The molecule has 2 aromatic carbocycles. The van der Waals surface area contributed by atoms with E-state index < -0.39 is 34.2 Å². The number of amides is 1. The molecule has 0 radical (unpaired) electrons. The number of carbonyl (C=O) groups is 1. The van der Waals surface area contributed by atoms with Crippen LogP contribution in [0.3, 0.4) is 0 Å². The first kappa shape index (κ1) is 20.8. The second kappa shape index (κ2) is 8.45. The summed E-state index contributed by atoms with van der Waals surface area (Å²) >= 11 is 0. The number of halogens is 2. The summed E-state index contributed by atoms with van der Waals surface area (Å²) in [5.74, 6) is -2.60. The molecule has 0 fully saturated rings. The molecule has 0 saturated heterocycles. The van der Waals surface area contributed by atoms with Gasteiger partial charge >= 0.3 is 0 Å². The molecule has 6 nitrogen and oxygen atoms in total. The van der Waals surface area contributed by atoms with Crippen LogP contribution in [0.2, 0.25) is 0 Å². The van der Waals surface area contributed by atoms with Crippen molar-refractivity contribution in [3.8, 4) is 5.75 Å². The summed E-state index contributed by atoms with van der Waals surface area (Å²) in [5.41, 5.74) is 0.375. The molecule has 1 N–H and O–H groups in total. The lowest BCUT2D eigenvalue weighted by atomic mass is 10.3. The molecule has 0 heterocycles. The zero-order chi connectivity index (χ0) is 20.2. The van der Waals surface area contributed by atoms with Gasteiger partial charge in [0.2, 0.25) is 10.0 Å². The predicted octanol–water partition coefficient (Wildman–Crippen LogP) is 3.01. The lowest BCUT2D eigenvalue weighted by Crippen LogP contribution is -2.33. The first-order valence-corrected chi connectivity index (χ1v) is 9.51. The molecular formula is C18H20F2N2O4S. The Labute approximate surface area is 156 Å². The van der Waals surface area contributed by atoms with Crippen LogP contribution in [0.15, 0.2) is 47.4 Å². The highest BCUT2D eigenvalue weighted by atomic mass is 32.2. The maximum absolute atomic E-state index is 13.1. The lowest BCUT2D eigenvalue weighted by molar-refractivity contribution is -0.118. The minimum absolute atomic E-state index is 0.0159. The molecule has 0 bridgehead atoms. The number of hydrogen-bond acceptors (Lipinski definition) is 4. The average molecular weight is 398 g/mol. The van der Waals surface area contributed by atoms with Gasteiger partial charge in [0.25, 0.3) is 5.91 Å². The van der Waals surface area contributed by atoms with Crippen LogP contribution in [0, 0.1) is 11.6 Å². The number of hydrogen-bond donors (Lipinski definition) is 1. The second-order valence-electron chi connectivity index (χ2n) is 6.05. The fourth-order valence-electron chi connectivity index (χ4n) is 2.07. The number of benzene rings is 2. The third kappa shape index (κ3) is 5.24. The summed E-state index contributed by atoms with van der Waals surface area (Å²) < 4.78 is 57.0. The number of anilines is 1. The molecule has 2 rings (SSSR count). The van der Waals surface area contributed by atoms with Crippen molar-refractivity contribution in [2.75, 3.05) is 19.0 Å². The fourth-order valence-corrected chi connectivity index (χ4v) is 3.43. The molecule has 0 unspecified atom stereocenters. The summed E-state index contributed by atoms with van der Waals surface area (Å²) in [7, 11) is -2.12. The quantitative estimate of drug-likeness (QED) is 0.778. The van der Waals surface area contributed by atoms with E-state index in [0.717, 1.165) is 12.1 Å². The van der Waals surface area contributed by atoms with Crippen LogP contribution in [0.5, 0.6) is 5.75 Å². The lowest BCUT2D eigenvalue weighted by Gasteiger charge is -2.21. The van der Waals surface area contributed by atoms with Crippen LogP contribution in [-0.2, 0) is 14.8 Å². The van der Waals surface area contributed by atoms with E-state index in [9.17, 15) is 22.0 Å². The highest BCUT2D eigenvalue weighted by Crippen LogP contribution is 2.19. The summed E-state index contributed by atoms with van der Waals surface area (Å²) in [5, 5.41) is 2.53. The molecule has 0 spiro atoms. The van der Waals surface area contributed by atoms with Crippen molar-refractivity contribution in [2.24, 2.45) is 0 Å². The van der Waals surface area contributed by atoms with Gasteiger partial charge < -0.3 is 10.1 Å². The van der Waals surface area contributed by atoms with Crippen LogP contribution in [0.4, 0.5) is 14.5 Å². The van der Waals surface area contributed by atoms with Gasteiger partial charge in [-0.2, -0.15) is 4.31 Å². The van der Waals surface area contributed by atoms with Gasteiger partial charge in [0.1, 0.15) is 5.75 Å². The Morgan fingerprint density at radius 3 is 2.30 bits per heavy atom. The number of carbonyl (C=O) groups excluding carboxylic acids is 1. The molecule has 0 atom stereocenters. The summed E-state index contributed by atoms with van der Waals surface area (Å²) in [4.78, 5) is 12.0. The summed E-state index contributed by atoms with van der Waals surface area (Å²) in [6.07, 6.45) is 0. The van der Waals surface area contributed by atoms with Gasteiger partial charge in [0.05, 0.1) is 4.90 Å². The van der Waals surface area contributed by atoms with Crippen LogP contribution in [0.25, 0.3) is 0 Å². The standard InChI is InChI=1S/C18H20F2N2O4S/c1-12(2)22(3)27(24,25)15-7-4-13(5-8-15)21-18(23)11-26-14-6-9-16(19)17(20)10-14/h4-10,12H,11H2,1-3H3,(H,21,23). The molecule has 0 aliphatic carbocycles. The first-order valence-electron chi connectivity index (χ1n) is 8.07. The second-order valence-corrected chi connectivity index (χ2v) is 8.05. The molecule has 1 amide bonds. The van der Waals surface area contributed by atoms with Crippen LogP contribution >= 0.6 is 0 Å². The van der Waals surface area contributed by atoms with Gasteiger partial charge in [-0.1, -0.05) is 0 Å². The molecule has 0 aliphatic rings. The van der Waals surface area contributed by atoms with Gasteiger partial charge in [0.15, 0.2) is 18.2 Å². The number of sulfonamides is 1. The molecular weight excluding hydrogens is 378 g/mol. The molecule has 0 saturated carbocycles. The molecule has 2 aromatic rings. The van der Waals surface area contributed by atoms with Crippen LogP contribution in [-0.4, -0.2) is 38.3 Å². The van der Waals surface area contributed by atoms with Gasteiger partial charge in [-0.15, -0.1) is 0 Å². The number of rotatable bonds is 7. The number of nitrogens with one attached hydrogen (secondary N) is 1. The van der Waals surface area contributed by atoms with E-state index in [1.807, 2.05) is 0 Å². The van der Waals surface area contributed by atoms with E-state index in [2.05, 4.69) is 5.32 Å². The zero-order valence-electron chi connectivity index (χ0n) is 15.1. The topological polar surface area (TPSA) is 75.7 Å². The third-order valence-electron chi connectivity index (χ3n) is 3.80. The minimum Gasteiger partial charge on any atom is -0.484 e. The smallest absolute Gasteiger partial charge is 0.262 e. The SMILES string of the molecule is CC(C)N(C)S(=O)(=O)c1ccc(NC(=O)COc2ccc(F)c(F)c2)cc1. The minimum atomic E-state index is -3.61. The normalized spacial score (nSPS) is 11.7. The van der Waals surface area contributed by atoms with Crippen molar-refractivity contribution in [1.29, 1.82) is 0 Å². The van der Waals surface area contributed by atoms with Crippen molar-refractivity contribution >= 4 is 21.6 Å². The zero-order valence-corrected chi connectivity index (χ0v) is 15.9. The van der Waals surface area contributed by atoms with E-state index in [-0.39, 0.29) is 16.7 Å². The van der Waals surface area contributed by atoms with Crippen molar-refractivity contribution in [2.45, 2.75) is 24.8 Å². The van der Waals surface area contributed by atoms with E-state index in [1.54, 1.807) is 13.8 Å². The Morgan fingerprint density at radius 1 is 1.11 bits per heavy atom. The maximum Gasteiger partial charge on any atom is 0.262 e. The van der Waals surface area contributed by atoms with E-state index in [0.29, 0.717) is 5.69 Å². The van der Waals surface area contributed by atoms with Crippen molar-refractivity contribution < 1.29 is 26.7 Å². The van der Waals surface area contributed by atoms with Gasteiger partial charge in [-0.3, -0.25) is 4.79 Å². The molecule has 27 heavy (non-hydrogen) atoms. The first-order chi connectivity index (χ1) is 12.6. The molecule has 9 heteroatoms. The Balaban J connectivity index is 1.97. The van der Waals surface area contributed by atoms with Crippen LogP contribution in [0.1, 0.15) is 13.8 Å². The predicted molar refractivity (Wildman–Crippen MR) is 97.0 cm³/mol. The number of nitrogens with zero attached hydrogens (tertiary/aromatic N) is 1. The van der Waals surface area contributed by atoms with Crippen molar-refractivity contribution in [3.05, 3.63) is 54.1 Å². The Kier molecular flexibility index (Phi) is 6.50. The fraction of sp³-hybridized carbons (Fsp3) is 0.278. The summed E-state index contributed by atoms with van der Waals surface area (Å²) in [6, 6.07) is 8.44. The summed E-state index contributed by atoms with van der Waals surface area (Å²) in [6.45, 7) is 3.11. The molecule has 0 aliphatic heterocycles. The van der Waals surface area contributed by atoms with Gasteiger partial charge in [-0.25, -0.2) is 17.2 Å². The molecule has 0 aromatic heterocycles. The average Bonchev–Trinajstić information content (AvgIpc) is 2.62. The van der Waals surface area contributed by atoms with E-state index in [1.165, 1.54) is 41.7 Å². The monoisotopic (exact) mass is 398 g/mol. The van der Waals surface area contributed by atoms with Crippen LogP contribution < -0.4 is 10.1 Å². The maximum atomic E-state index is 13.1. The Hall–Kier alpha value is -2.52. The van der Waals surface area contributed by atoms with E-state index in [4.69, 9.17) is 4.74 Å². The third-order valence-corrected chi connectivity index (χ3v) is 5.85. The van der Waals surface area contributed by atoms with Gasteiger partial charge in [-0.05, 0) is 50.2 Å². The highest BCUT2D eigenvalue weighted by Gasteiger charge is 2.22. The Bertz CT molecular complexity index is 915. The van der Waals surface area contributed by atoms with E-state index >= 15 is 0 Å². The highest BCUT2D eigenvalue weighted by molar-refractivity contribution is 7.89. The Morgan fingerprint density at radius 2 is 1.74 bits per heavy atom.